The van der Waals surface area contributed by atoms with Crippen LogP contribution in [0.3, 0.4) is 0 Å². The lowest BCUT2D eigenvalue weighted by molar-refractivity contribution is 0.171. The van der Waals surface area contributed by atoms with Crippen molar-refractivity contribution in [2.45, 2.75) is 13.0 Å². The van der Waals surface area contributed by atoms with Gasteiger partial charge in [0.2, 0.25) is 0 Å². The first-order chi connectivity index (χ1) is 10.2. The zero-order valence-corrected chi connectivity index (χ0v) is 14.6. The smallest absolute Gasteiger partial charge is 0.161 e. The van der Waals surface area contributed by atoms with Crippen LogP contribution in [0, 0.1) is 0 Å². The molecule has 0 saturated heterocycles. The van der Waals surface area contributed by atoms with Crippen LogP contribution in [-0.2, 0) is 0 Å². The van der Waals surface area contributed by atoms with Gasteiger partial charge in [-0.2, -0.15) is 0 Å². The SMILES string of the molecule is CCNC(c1ccc2c(c1)OCCO2)c1cc(Br)c(Cl)s1. The van der Waals surface area contributed by atoms with Gasteiger partial charge in [-0.1, -0.05) is 24.6 Å². The quantitative estimate of drug-likeness (QED) is 0.828. The number of fused-ring (bicyclic) bond motifs is 1. The first kappa shape index (κ1) is 15.2. The number of hydrogen-bond donors (Lipinski definition) is 1. The number of thiophene rings is 1. The molecule has 1 aliphatic rings. The van der Waals surface area contributed by atoms with Crippen molar-refractivity contribution < 1.29 is 9.47 Å². The minimum Gasteiger partial charge on any atom is -0.486 e. The summed E-state index contributed by atoms with van der Waals surface area (Å²) in [5, 5.41) is 3.50. The summed E-state index contributed by atoms with van der Waals surface area (Å²) >= 11 is 11.2. The van der Waals surface area contributed by atoms with Gasteiger partial charge in [-0.05, 0) is 46.2 Å². The molecule has 1 aliphatic heterocycles. The average molecular weight is 389 g/mol. The van der Waals surface area contributed by atoms with Crippen LogP contribution < -0.4 is 14.8 Å². The fourth-order valence-electron chi connectivity index (χ4n) is 2.33. The summed E-state index contributed by atoms with van der Waals surface area (Å²) in [5.74, 6) is 1.62. The Morgan fingerprint density at radius 2 is 2.05 bits per heavy atom. The van der Waals surface area contributed by atoms with E-state index >= 15 is 0 Å². The van der Waals surface area contributed by atoms with Gasteiger partial charge in [-0.15, -0.1) is 11.3 Å². The standard InChI is InChI=1S/C15H15BrClNO2S/c1-2-18-14(13-8-10(16)15(17)21-13)9-3-4-11-12(7-9)20-6-5-19-11/h3-4,7-8,14,18H,2,5-6H2,1H3. The third-order valence-electron chi connectivity index (χ3n) is 3.26. The van der Waals surface area contributed by atoms with Gasteiger partial charge in [0.05, 0.1) is 6.04 Å². The molecule has 6 heteroatoms. The van der Waals surface area contributed by atoms with Crippen molar-refractivity contribution in [1.82, 2.24) is 5.32 Å². The Labute approximate surface area is 141 Å². The Bertz CT molecular complexity index is 627. The molecule has 2 heterocycles. The van der Waals surface area contributed by atoms with Gasteiger partial charge in [0.1, 0.15) is 17.6 Å². The first-order valence-electron chi connectivity index (χ1n) is 6.76. The van der Waals surface area contributed by atoms with Crippen LogP contribution >= 0.6 is 38.9 Å². The topological polar surface area (TPSA) is 30.5 Å². The van der Waals surface area contributed by atoms with Gasteiger partial charge >= 0.3 is 0 Å². The van der Waals surface area contributed by atoms with E-state index in [1.54, 1.807) is 11.3 Å². The number of benzene rings is 1. The van der Waals surface area contributed by atoms with E-state index in [9.17, 15) is 0 Å². The average Bonchev–Trinajstić information content (AvgIpc) is 2.83. The van der Waals surface area contributed by atoms with E-state index in [1.807, 2.05) is 12.1 Å². The molecule has 0 amide bonds. The molecule has 0 saturated carbocycles. The Kier molecular flexibility index (Phi) is 4.74. The highest BCUT2D eigenvalue weighted by Crippen LogP contribution is 2.39. The lowest BCUT2D eigenvalue weighted by Crippen LogP contribution is -2.22. The van der Waals surface area contributed by atoms with Crippen LogP contribution in [0.1, 0.15) is 23.4 Å². The summed E-state index contributed by atoms with van der Waals surface area (Å²) < 4.78 is 13.0. The summed E-state index contributed by atoms with van der Waals surface area (Å²) in [6, 6.07) is 8.25. The Hall–Kier alpha value is -0.750. The third-order valence-corrected chi connectivity index (χ3v) is 5.80. The maximum absolute atomic E-state index is 6.18. The summed E-state index contributed by atoms with van der Waals surface area (Å²) in [6.07, 6.45) is 0. The molecule has 2 aromatic rings. The summed E-state index contributed by atoms with van der Waals surface area (Å²) in [6.45, 7) is 4.16. The fourth-order valence-corrected chi connectivity index (χ4v) is 4.17. The van der Waals surface area contributed by atoms with Gasteiger partial charge in [-0.25, -0.2) is 0 Å². The molecule has 1 aromatic heterocycles. The molecule has 0 bridgehead atoms. The molecule has 3 rings (SSSR count). The van der Waals surface area contributed by atoms with Crippen molar-refractivity contribution in [2.75, 3.05) is 19.8 Å². The molecule has 1 atom stereocenters. The lowest BCUT2D eigenvalue weighted by atomic mass is 10.0. The Morgan fingerprint density at radius 3 is 2.71 bits per heavy atom. The van der Waals surface area contributed by atoms with E-state index in [1.165, 1.54) is 4.88 Å². The molecule has 1 unspecified atom stereocenters. The highest BCUT2D eigenvalue weighted by molar-refractivity contribution is 9.10. The molecule has 21 heavy (non-hydrogen) atoms. The molecule has 3 nitrogen and oxygen atoms in total. The highest BCUT2D eigenvalue weighted by Gasteiger charge is 2.20. The minimum atomic E-state index is 0.0969. The van der Waals surface area contributed by atoms with Gasteiger partial charge in [0, 0.05) is 9.35 Å². The van der Waals surface area contributed by atoms with E-state index in [0.717, 1.165) is 32.4 Å². The number of halogens is 2. The van der Waals surface area contributed by atoms with E-state index in [2.05, 4.69) is 40.3 Å². The molecular weight excluding hydrogens is 374 g/mol. The van der Waals surface area contributed by atoms with Crippen LogP contribution in [0.4, 0.5) is 0 Å². The number of ether oxygens (including phenoxy) is 2. The molecular formula is C15H15BrClNO2S. The minimum absolute atomic E-state index is 0.0969. The monoisotopic (exact) mass is 387 g/mol. The van der Waals surface area contributed by atoms with Gasteiger partial charge in [0.15, 0.2) is 11.5 Å². The van der Waals surface area contributed by atoms with Crippen molar-refractivity contribution in [1.29, 1.82) is 0 Å². The molecule has 0 spiro atoms. The number of nitrogens with one attached hydrogen (secondary N) is 1. The van der Waals surface area contributed by atoms with Crippen molar-refractivity contribution in [2.24, 2.45) is 0 Å². The maximum atomic E-state index is 6.18. The predicted molar refractivity (Wildman–Crippen MR) is 90.0 cm³/mol. The second-order valence-corrected chi connectivity index (χ2v) is 7.20. The molecule has 1 N–H and O–H groups in total. The van der Waals surface area contributed by atoms with E-state index in [0.29, 0.717) is 13.2 Å². The summed E-state index contributed by atoms with van der Waals surface area (Å²) in [7, 11) is 0. The first-order valence-corrected chi connectivity index (χ1v) is 8.75. The van der Waals surface area contributed by atoms with Crippen LogP contribution in [0.15, 0.2) is 28.7 Å². The highest BCUT2D eigenvalue weighted by atomic mass is 79.9. The van der Waals surface area contributed by atoms with Crippen LogP contribution in [0.2, 0.25) is 4.34 Å². The zero-order chi connectivity index (χ0) is 14.8. The van der Waals surface area contributed by atoms with E-state index in [4.69, 9.17) is 21.1 Å². The second kappa shape index (κ2) is 6.57. The van der Waals surface area contributed by atoms with Crippen molar-refractivity contribution in [3.05, 3.63) is 43.5 Å². The van der Waals surface area contributed by atoms with Crippen LogP contribution in [0.25, 0.3) is 0 Å². The van der Waals surface area contributed by atoms with Crippen molar-refractivity contribution in [3.63, 3.8) is 0 Å². The summed E-state index contributed by atoms with van der Waals surface area (Å²) in [4.78, 5) is 1.17. The predicted octanol–water partition coefficient (Wildman–Crippen LogP) is 4.63. The molecule has 0 radical (unpaired) electrons. The van der Waals surface area contributed by atoms with Gasteiger partial charge in [0.25, 0.3) is 0 Å². The fraction of sp³-hybridized carbons (Fsp3) is 0.333. The van der Waals surface area contributed by atoms with Gasteiger partial charge < -0.3 is 14.8 Å². The number of rotatable bonds is 4. The Balaban J connectivity index is 1.97. The molecule has 0 aliphatic carbocycles. The van der Waals surface area contributed by atoms with Gasteiger partial charge in [-0.3, -0.25) is 0 Å². The van der Waals surface area contributed by atoms with E-state index < -0.39 is 0 Å². The molecule has 112 valence electrons. The van der Waals surface area contributed by atoms with Crippen molar-refractivity contribution in [3.8, 4) is 11.5 Å². The van der Waals surface area contributed by atoms with Crippen molar-refractivity contribution >= 4 is 38.9 Å². The maximum Gasteiger partial charge on any atom is 0.161 e. The largest absolute Gasteiger partial charge is 0.486 e. The number of hydrogen-bond acceptors (Lipinski definition) is 4. The zero-order valence-electron chi connectivity index (χ0n) is 11.5. The second-order valence-electron chi connectivity index (χ2n) is 4.66. The lowest BCUT2D eigenvalue weighted by Gasteiger charge is -2.22. The molecule has 1 aromatic carbocycles. The summed E-state index contributed by atoms with van der Waals surface area (Å²) in [5.41, 5.74) is 1.14. The third kappa shape index (κ3) is 3.21. The van der Waals surface area contributed by atoms with E-state index in [-0.39, 0.29) is 6.04 Å². The molecule has 0 fully saturated rings. The van der Waals surface area contributed by atoms with Crippen LogP contribution in [-0.4, -0.2) is 19.8 Å². The normalized spacial score (nSPS) is 15.0. The van der Waals surface area contributed by atoms with Crippen LogP contribution in [0.5, 0.6) is 11.5 Å². The Morgan fingerprint density at radius 1 is 1.29 bits per heavy atom.